The van der Waals surface area contributed by atoms with Crippen molar-refractivity contribution >= 4 is 21.9 Å². The van der Waals surface area contributed by atoms with Crippen LogP contribution < -0.4 is 5.73 Å². The van der Waals surface area contributed by atoms with Crippen molar-refractivity contribution < 1.29 is 2.74 Å². The minimum atomic E-state index is -0.0787. The number of nitrogens with zero attached hydrogens (tertiary/aromatic N) is 4. The molecule has 13 heavy (non-hydrogen) atoms. The fourth-order valence-corrected chi connectivity index (χ4v) is 1.09. The average Bonchev–Trinajstić information content (AvgIpc) is 2.41. The van der Waals surface area contributed by atoms with Crippen LogP contribution in [0.1, 0.15) is 2.74 Å². The molecule has 2 rings (SSSR count). The minimum Gasteiger partial charge on any atom is -0.368 e. The normalized spacial score (nSPS) is 12.4. The first-order valence-electron chi connectivity index (χ1n) is 4.40. The minimum absolute atomic E-state index is 0.0538. The molecule has 0 aliphatic rings. The molecule has 0 amide bonds. The van der Waals surface area contributed by atoms with Crippen LogP contribution in [0.4, 0.5) is 5.95 Å². The summed E-state index contributed by atoms with van der Waals surface area (Å²) < 4.78 is 16.7. The Kier molecular flexibility index (Phi) is 1.47. The maximum Gasteiger partial charge on any atom is 0.221 e. The number of nitrogen functional groups attached to an aromatic ring is 1. The van der Waals surface area contributed by atoms with E-state index in [0.717, 1.165) is 0 Å². The zero-order valence-corrected chi connectivity index (χ0v) is 7.98. The number of hydrogen-bond acceptors (Lipinski definition) is 4. The van der Waals surface area contributed by atoms with Gasteiger partial charge in [0.05, 0.1) is 1.37 Å². The Morgan fingerprint density at radius 2 is 2.38 bits per heavy atom. The van der Waals surface area contributed by atoms with Gasteiger partial charge in [-0.15, -0.1) is 0 Å². The summed E-state index contributed by atoms with van der Waals surface area (Å²) in [5, 5.41) is 0. The smallest absolute Gasteiger partial charge is 0.221 e. The van der Waals surface area contributed by atoms with E-state index in [4.69, 9.17) is 8.48 Å². The molecule has 0 unspecified atom stereocenters. The fraction of sp³-hybridized carbons (Fsp3) is 0. The summed E-state index contributed by atoms with van der Waals surface area (Å²) in [4.78, 5) is 11.4. The third-order valence-corrected chi connectivity index (χ3v) is 1.70. The molecule has 2 aromatic heterocycles. The molecule has 5 nitrogen and oxygen atoms in total. The highest BCUT2D eigenvalue weighted by molar-refractivity contribution is 9.10. The lowest BCUT2D eigenvalue weighted by Crippen LogP contribution is -1.99. The summed E-state index contributed by atoms with van der Waals surface area (Å²) in [6.07, 6.45) is 1.44. The molecule has 6 heteroatoms. The molecular weight excluding hydrogens is 234 g/mol. The largest absolute Gasteiger partial charge is 0.368 e. The van der Waals surface area contributed by atoms with Crippen molar-refractivity contribution in [3.05, 3.63) is 29.3 Å². The van der Waals surface area contributed by atoms with Gasteiger partial charge in [0.2, 0.25) is 5.95 Å². The second kappa shape index (κ2) is 3.14. The first-order chi connectivity index (χ1) is 7.09. The van der Waals surface area contributed by atoms with Gasteiger partial charge in [-0.2, -0.15) is 4.98 Å². The Hall–Kier alpha value is -1.43. The molecule has 2 heterocycles. The monoisotopic (exact) mass is 241 g/mol. The molecule has 0 bridgehead atoms. The lowest BCUT2D eigenvalue weighted by molar-refractivity contribution is 0.978. The molecule has 0 radical (unpaired) electrons. The predicted octanol–water partition coefficient (Wildman–Crippen LogP) is 1.01. The van der Waals surface area contributed by atoms with Crippen molar-refractivity contribution in [3.8, 4) is 5.82 Å². The topological polar surface area (TPSA) is 69.6 Å². The van der Waals surface area contributed by atoms with E-state index in [0.29, 0.717) is 10.4 Å². The van der Waals surface area contributed by atoms with E-state index in [1.807, 2.05) is 0 Å². The van der Waals surface area contributed by atoms with E-state index < -0.39 is 0 Å². The second-order valence-corrected chi connectivity index (χ2v) is 2.97. The maximum absolute atomic E-state index is 7.66. The SMILES string of the molecule is [2H]c1nc(Br)c([2H])n1-c1ccnc(N)n1. The first-order valence-corrected chi connectivity index (χ1v) is 4.19. The van der Waals surface area contributed by atoms with E-state index in [1.165, 1.54) is 10.8 Å². The number of nitrogens with two attached hydrogens (primary N) is 1. The molecule has 2 N–H and O–H groups in total. The van der Waals surface area contributed by atoms with Crippen LogP contribution in [0.5, 0.6) is 0 Å². The van der Waals surface area contributed by atoms with E-state index in [2.05, 4.69) is 30.9 Å². The van der Waals surface area contributed by atoms with Crippen LogP contribution in [0.3, 0.4) is 0 Å². The van der Waals surface area contributed by atoms with Gasteiger partial charge < -0.3 is 5.73 Å². The Morgan fingerprint density at radius 3 is 3.00 bits per heavy atom. The molecule has 0 saturated heterocycles. The van der Waals surface area contributed by atoms with Crippen LogP contribution in [0.15, 0.2) is 29.3 Å². The second-order valence-electron chi connectivity index (χ2n) is 2.22. The molecule has 0 atom stereocenters. The highest BCUT2D eigenvalue weighted by atomic mass is 79.9. The molecule has 0 aliphatic carbocycles. The van der Waals surface area contributed by atoms with Gasteiger partial charge in [0.1, 0.15) is 18.1 Å². The van der Waals surface area contributed by atoms with Crippen LogP contribution in [0.2, 0.25) is 0 Å². The van der Waals surface area contributed by atoms with Crippen molar-refractivity contribution in [1.29, 1.82) is 0 Å². The highest BCUT2D eigenvalue weighted by Gasteiger charge is 1.99. The highest BCUT2D eigenvalue weighted by Crippen LogP contribution is 2.09. The maximum atomic E-state index is 7.66. The quantitative estimate of drug-likeness (QED) is 0.810. The molecule has 66 valence electrons. The van der Waals surface area contributed by atoms with Crippen LogP contribution in [0, 0.1) is 0 Å². The predicted molar refractivity (Wildman–Crippen MR) is 51.3 cm³/mol. The molecule has 0 aliphatic heterocycles. The van der Waals surface area contributed by atoms with Gasteiger partial charge in [-0.05, 0) is 22.0 Å². The molecule has 0 aromatic carbocycles. The van der Waals surface area contributed by atoms with Crippen LogP contribution >= 0.6 is 15.9 Å². The summed E-state index contributed by atoms with van der Waals surface area (Å²) in [5.74, 6) is 0.451. The standard InChI is InChI=1S/C7H6BrN5/c8-5-3-13(4-11-5)6-1-2-10-7(9)12-6/h1-4H,(H2,9,10,12)/i3D,4D. The summed E-state index contributed by atoms with van der Waals surface area (Å²) in [6.45, 7) is 0. The molecule has 0 fully saturated rings. The van der Waals surface area contributed by atoms with E-state index in [9.17, 15) is 0 Å². The summed E-state index contributed by atoms with van der Waals surface area (Å²) in [6, 6.07) is 1.56. The van der Waals surface area contributed by atoms with Gasteiger partial charge in [-0.3, -0.25) is 4.57 Å². The number of imidazole rings is 1. The first kappa shape index (κ1) is 6.09. The van der Waals surface area contributed by atoms with Crippen LogP contribution in [-0.4, -0.2) is 19.5 Å². The van der Waals surface area contributed by atoms with Gasteiger partial charge in [0.25, 0.3) is 0 Å². The zero-order chi connectivity index (χ0) is 11.0. The number of anilines is 1. The van der Waals surface area contributed by atoms with Gasteiger partial charge >= 0.3 is 0 Å². The Balaban J connectivity index is 2.63. The summed E-state index contributed by atoms with van der Waals surface area (Å²) in [7, 11) is 0. The van der Waals surface area contributed by atoms with E-state index in [1.54, 1.807) is 6.07 Å². The van der Waals surface area contributed by atoms with Gasteiger partial charge in [0.15, 0.2) is 0 Å². The average molecular weight is 242 g/mol. The van der Waals surface area contributed by atoms with Gasteiger partial charge in [-0.1, -0.05) is 0 Å². The van der Waals surface area contributed by atoms with Crippen molar-refractivity contribution in [2.45, 2.75) is 0 Å². The Labute approximate surface area is 85.6 Å². The number of halogens is 1. The third-order valence-electron chi connectivity index (χ3n) is 1.34. The molecule has 2 aromatic rings. The number of aromatic nitrogens is 4. The fourth-order valence-electron chi connectivity index (χ4n) is 0.833. The van der Waals surface area contributed by atoms with Crippen molar-refractivity contribution in [1.82, 2.24) is 19.5 Å². The Morgan fingerprint density at radius 1 is 1.54 bits per heavy atom. The summed E-state index contributed by atoms with van der Waals surface area (Å²) in [5.41, 5.74) is 5.41. The van der Waals surface area contributed by atoms with Crippen LogP contribution in [0.25, 0.3) is 5.82 Å². The lowest BCUT2D eigenvalue weighted by Gasteiger charge is -1.99. The van der Waals surface area contributed by atoms with E-state index >= 15 is 0 Å². The van der Waals surface area contributed by atoms with Gasteiger partial charge in [-0.25, -0.2) is 9.97 Å². The van der Waals surface area contributed by atoms with Gasteiger partial charge in [0, 0.05) is 12.4 Å². The van der Waals surface area contributed by atoms with Crippen molar-refractivity contribution in [2.24, 2.45) is 0 Å². The third kappa shape index (κ3) is 1.67. The Bertz CT molecular complexity index is 512. The van der Waals surface area contributed by atoms with Crippen molar-refractivity contribution in [3.63, 3.8) is 0 Å². The molecule has 0 spiro atoms. The molecular formula is C7H6BrN5. The summed E-state index contributed by atoms with van der Waals surface area (Å²) >= 11 is 3.07. The van der Waals surface area contributed by atoms with Crippen molar-refractivity contribution in [2.75, 3.05) is 5.73 Å². The number of hydrogen-bond donors (Lipinski definition) is 1. The van der Waals surface area contributed by atoms with E-state index in [-0.39, 0.29) is 18.4 Å². The lowest BCUT2D eigenvalue weighted by atomic mass is 10.6. The number of rotatable bonds is 1. The molecule has 0 saturated carbocycles. The zero-order valence-electron chi connectivity index (χ0n) is 8.40. The van der Waals surface area contributed by atoms with Crippen LogP contribution in [-0.2, 0) is 0 Å².